The first-order valence-corrected chi connectivity index (χ1v) is 6.84. The van der Waals surface area contributed by atoms with Crippen molar-refractivity contribution in [3.63, 3.8) is 0 Å². The summed E-state index contributed by atoms with van der Waals surface area (Å²) < 4.78 is 5.22. The van der Waals surface area contributed by atoms with Gasteiger partial charge in [-0.15, -0.1) is 0 Å². The van der Waals surface area contributed by atoms with Crippen molar-refractivity contribution in [2.75, 3.05) is 39.9 Å². The Bertz CT molecular complexity index is 301. The minimum Gasteiger partial charge on any atom is -0.481 e. The van der Waals surface area contributed by atoms with E-state index in [1.807, 2.05) is 6.92 Å². The minimum absolute atomic E-state index is 0.00785. The average molecular weight is 272 g/mol. The number of ether oxygens (including phenoxy) is 1. The van der Waals surface area contributed by atoms with Gasteiger partial charge in [0.15, 0.2) is 0 Å². The van der Waals surface area contributed by atoms with Crippen LogP contribution in [0.15, 0.2) is 0 Å². The summed E-state index contributed by atoms with van der Waals surface area (Å²) in [5.74, 6) is -0.547. The second-order valence-corrected chi connectivity index (χ2v) is 4.93. The molecule has 1 aliphatic heterocycles. The lowest BCUT2D eigenvalue weighted by Gasteiger charge is -2.34. The number of aliphatic carboxylic acids is 1. The van der Waals surface area contributed by atoms with Crippen LogP contribution in [0.1, 0.15) is 26.2 Å². The molecular weight excluding hydrogens is 248 g/mol. The lowest BCUT2D eigenvalue weighted by Crippen LogP contribution is -2.46. The molecule has 6 nitrogen and oxygen atoms in total. The second-order valence-electron chi connectivity index (χ2n) is 4.93. The highest BCUT2D eigenvalue weighted by Crippen LogP contribution is 2.21. The van der Waals surface area contributed by atoms with Gasteiger partial charge in [-0.2, -0.15) is 0 Å². The number of rotatable bonds is 6. The van der Waals surface area contributed by atoms with Crippen molar-refractivity contribution < 1.29 is 19.4 Å². The van der Waals surface area contributed by atoms with Crippen LogP contribution in [0.3, 0.4) is 0 Å². The van der Waals surface area contributed by atoms with Gasteiger partial charge in [0.2, 0.25) is 0 Å². The molecule has 1 fully saturated rings. The van der Waals surface area contributed by atoms with Gasteiger partial charge in [0.1, 0.15) is 0 Å². The quantitative estimate of drug-likeness (QED) is 0.739. The first-order chi connectivity index (χ1) is 9.04. The second kappa shape index (κ2) is 7.99. The summed E-state index contributed by atoms with van der Waals surface area (Å²) in [6, 6.07) is 0.00785. The normalized spacial score (nSPS) is 16.4. The molecule has 1 N–H and O–H groups in total. The van der Waals surface area contributed by atoms with Crippen LogP contribution in [0.25, 0.3) is 0 Å². The zero-order valence-corrected chi connectivity index (χ0v) is 11.8. The Morgan fingerprint density at radius 2 is 2.00 bits per heavy atom. The van der Waals surface area contributed by atoms with E-state index in [9.17, 15) is 9.59 Å². The summed E-state index contributed by atoms with van der Waals surface area (Å²) in [6.07, 6.45) is 1.76. The minimum atomic E-state index is -0.751. The van der Waals surface area contributed by atoms with Gasteiger partial charge in [0.05, 0.1) is 6.61 Å². The first-order valence-electron chi connectivity index (χ1n) is 6.84. The van der Waals surface area contributed by atoms with E-state index in [1.54, 1.807) is 16.8 Å². The van der Waals surface area contributed by atoms with Gasteiger partial charge in [-0.3, -0.25) is 4.79 Å². The maximum absolute atomic E-state index is 12.1. The third-order valence-corrected chi connectivity index (χ3v) is 3.45. The molecule has 1 heterocycles. The van der Waals surface area contributed by atoms with Gasteiger partial charge >= 0.3 is 12.0 Å². The predicted octanol–water partition coefficient (Wildman–Crippen LogP) is 1.26. The number of hydrogen-bond donors (Lipinski definition) is 1. The molecule has 0 spiro atoms. The number of amides is 2. The van der Waals surface area contributed by atoms with Gasteiger partial charge in [0, 0.05) is 39.7 Å². The molecule has 0 aliphatic carbocycles. The highest BCUT2D eigenvalue weighted by atomic mass is 16.5. The molecule has 1 aliphatic rings. The number of hydrogen-bond acceptors (Lipinski definition) is 3. The largest absolute Gasteiger partial charge is 0.481 e. The highest BCUT2D eigenvalue weighted by Gasteiger charge is 2.25. The van der Waals surface area contributed by atoms with Crippen molar-refractivity contribution >= 4 is 12.0 Å². The van der Waals surface area contributed by atoms with Crippen LogP contribution in [0.5, 0.6) is 0 Å². The fourth-order valence-corrected chi connectivity index (χ4v) is 2.26. The SMILES string of the molecule is CCOCCN(C)C(=O)N1CCC(CC(=O)O)CC1. The number of carboxylic acids is 1. The Kier molecular flexibility index (Phi) is 6.62. The summed E-state index contributed by atoms with van der Waals surface area (Å²) in [4.78, 5) is 26.2. The first kappa shape index (κ1) is 15.8. The molecule has 110 valence electrons. The average Bonchev–Trinajstić information content (AvgIpc) is 2.38. The van der Waals surface area contributed by atoms with Crippen LogP contribution >= 0.6 is 0 Å². The summed E-state index contributed by atoms with van der Waals surface area (Å²) in [6.45, 7) is 5.01. The molecule has 1 rings (SSSR count). The Hall–Kier alpha value is -1.30. The van der Waals surface area contributed by atoms with E-state index in [4.69, 9.17) is 9.84 Å². The van der Waals surface area contributed by atoms with Crippen LogP contribution in [-0.4, -0.2) is 66.8 Å². The summed E-state index contributed by atoms with van der Waals surface area (Å²) in [5, 5.41) is 8.75. The van der Waals surface area contributed by atoms with E-state index in [2.05, 4.69) is 0 Å². The number of piperidine rings is 1. The van der Waals surface area contributed by atoms with Gasteiger partial charge in [-0.25, -0.2) is 4.79 Å². The van der Waals surface area contributed by atoms with E-state index in [-0.39, 0.29) is 18.4 Å². The van der Waals surface area contributed by atoms with Crippen LogP contribution in [0, 0.1) is 5.92 Å². The molecule has 1 saturated heterocycles. The molecule has 0 aromatic rings. The van der Waals surface area contributed by atoms with Crippen LogP contribution < -0.4 is 0 Å². The Morgan fingerprint density at radius 1 is 1.37 bits per heavy atom. The van der Waals surface area contributed by atoms with Crippen molar-refractivity contribution in [2.24, 2.45) is 5.92 Å². The zero-order valence-electron chi connectivity index (χ0n) is 11.8. The van der Waals surface area contributed by atoms with E-state index < -0.39 is 5.97 Å². The topological polar surface area (TPSA) is 70.1 Å². The molecular formula is C13H24N2O4. The van der Waals surface area contributed by atoms with Crippen molar-refractivity contribution in [3.05, 3.63) is 0 Å². The highest BCUT2D eigenvalue weighted by molar-refractivity contribution is 5.74. The van der Waals surface area contributed by atoms with Gasteiger partial charge in [-0.1, -0.05) is 0 Å². The van der Waals surface area contributed by atoms with Crippen molar-refractivity contribution in [1.29, 1.82) is 0 Å². The number of nitrogens with zero attached hydrogens (tertiary/aromatic N) is 2. The van der Waals surface area contributed by atoms with Crippen LogP contribution in [-0.2, 0) is 9.53 Å². The fourth-order valence-electron chi connectivity index (χ4n) is 2.26. The number of carbonyl (C=O) groups excluding carboxylic acids is 1. The summed E-state index contributed by atoms with van der Waals surface area (Å²) in [7, 11) is 1.77. The third-order valence-electron chi connectivity index (χ3n) is 3.45. The maximum Gasteiger partial charge on any atom is 0.319 e. The number of carboxylic acid groups (broad SMARTS) is 1. The van der Waals surface area contributed by atoms with Gasteiger partial charge < -0.3 is 19.6 Å². The summed E-state index contributed by atoms with van der Waals surface area (Å²) in [5.41, 5.74) is 0. The molecule has 0 saturated carbocycles. The van der Waals surface area contributed by atoms with E-state index in [1.165, 1.54) is 0 Å². The van der Waals surface area contributed by atoms with E-state index in [0.29, 0.717) is 32.8 Å². The van der Waals surface area contributed by atoms with Crippen LogP contribution in [0.2, 0.25) is 0 Å². The van der Waals surface area contributed by atoms with E-state index >= 15 is 0 Å². The maximum atomic E-state index is 12.1. The number of carbonyl (C=O) groups is 2. The third kappa shape index (κ3) is 5.46. The standard InChI is InChI=1S/C13H24N2O4/c1-3-19-9-8-14(2)13(18)15-6-4-11(5-7-15)10-12(16)17/h11H,3-10H2,1-2H3,(H,16,17). The Morgan fingerprint density at radius 3 is 2.53 bits per heavy atom. The zero-order chi connectivity index (χ0) is 14.3. The lowest BCUT2D eigenvalue weighted by molar-refractivity contribution is -0.138. The monoisotopic (exact) mass is 272 g/mol. The molecule has 2 amide bonds. The predicted molar refractivity (Wildman–Crippen MR) is 71.1 cm³/mol. The fraction of sp³-hybridized carbons (Fsp3) is 0.846. The number of urea groups is 1. The van der Waals surface area contributed by atoms with Crippen molar-refractivity contribution in [2.45, 2.75) is 26.2 Å². The summed E-state index contributed by atoms with van der Waals surface area (Å²) >= 11 is 0. The molecule has 0 aromatic heterocycles. The van der Waals surface area contributed by atoms with Gasteiger partial charge in [-0.05, 0) is 25.7 Å². The molecule has 0 aromatic carbocycles. The molecule has 19 heavy (non-hydrogen) atoms. The van der Waals surface area contributed by atoms with E-state index in [0.717, 1.165) is 12.8 Å². The molecule has 0 unspecified atom stereocenters. The molecule has 0 bridgehead atoms. The number of likely N-dealkylation sites (N-methyl/N-ethyl adjacent to an activating group) is 1. The molecule has 0 radical (unpaired) electrons. The van der Waals surface area contributed by atoms with Crippen molar-refractivity contribution in [3.8, 4) is 0 Å². The van der Waals surface area contributed by atoms with Gasteiger partial charge in [0.25, 0.3) is 0 Å². The lowest BCUT2D eigenvalue weighted by atomic mass is 9.94. The van der Waals surface area contributed by atoms with Crippen molar-refractivity contribution in [1.82, 2.24) is 9.80 Å². The Balaban J connectivity index is 2.29. The molecule has 0 atom stereocenters. The molecule has 6 heteroatoms. The van der Waals surface area contributed by atoms with Crippen LogP contribution in [0.4, 0.5) is 4.79 Å². The smallest absolute Gasteiger partial charge is 0.319 e. The Labute approximate surface area is 114 Å². The number of likely N-dealkylation sites (tertiary alicyclic amines) is 1.